The van der Waals surface area contributed by atoms with Gasteiger partial charge in [-0.3, -0.25) is 9.59 Å². The van der Waals surface area contributed by atoms with Crippen LogP contribution in [0.5, 0.6) is 0 Å². The van der Waals surface area contributed by atoms with E-state index < -0.39 is 23.5 Å². The Morgan fingerprint density at radius 2 is 1.97 bits per heavy atom. The number of aryl methyl sites for hydroxylation is 1. The molecule has 1 saturated heterocycles. The van der Waals surface area contributed by atoms with Crippen molar-refractivity contribution in [2.24, 2.45) is 0 Å². The Balaban J connectivity index is 1.84. The highest BCUT2D eigenvalue weighted by Crippen LogP contribution is 2.40. The summed E-state index contributed by atoms with van der Waals surface area (Å²) in [7, 11) is 0. The number of fused-ring (bicyclic) bond motifs is 1. The summed E-state index contributed by atoms with van der Waals surface area (Å²) < 4.78 is 1.69. The van der Waals surface area contributed by atoms with Crippen LogP contribution in [0.1, 0.15) is 36.2 Å². The Kier molecular flexibility index (Phi) is 5.93. The maximum atomic E-state index is 13.7. The van der Waals surface area contributed by atoms with Gasteiger partial charge in [-0.05, 0) is 44.4 Å². The molecule has 0 radical (unpaired) electrons. The molecule has 0 saturated carbocycles. The first-order valence-electron chi connectivity index (χ1n) is 10.5. The molecule has 4 rings (SSSR count). The van der Waals surface area contributed by atoms with Crippen LogP contribution in [0.4, 0.5) is 0 Å². The van der Waals surface area contributed by atoms with E-state index in [1.807, 2.05) is 35.7 Å². The molecule has 1 N–H and O–H groups in total. The van der Waals surface area contributed by atoms with Crippen molar-refractivity contribution in [3.63, 3.8) is 0 Å². The summed E-state index contributed by atoms with van der Waals surface area (Å²) in [5.41, 5.74) is 1.54. The zero-order valence-electron chi connectivity index (χ0n) is 17.9. The first-order valence-corrected chi connectivity index (χ1v) is 11.4. The molecule has 0 aromatic carbocycles. The smallest absolute Gasteiger partial charge is 0.295 e. The first kappa shape index (κ1) is 21.3. The van der Waals surface area contributed by atoms with E-state index in [9.17, 15) is 14.7 Å². The topological polar surface area (TPSA) is 82.2 Å². The third-order valence-corrected chi connectivity index (χ3v) is 6.89. The van der Waals surface area contributed by atoms with E-state index in [1.54, 1.807) is 22.4 Å². The Labute approximate surface area is 185 Å². The number of hydrogen-bond acceptors (Lipinski definition) is 5. The molecule has 1 fully saturated rings. The second kappa shape index (κ2) is 8.64. The molecule has 0 spiro atoms. The Bertz CT molecular complexity index is 1150. The third kappa shape index (κ3) is 3.66. The summed E-state index contributed by atoms with van der Waals surface area (Å²) in [5, 5.41) is 15.6. The lowest BCUT2D eigenvalue weighted by atomic mass is 10.0. The lowest BCUT2D eigenvalue weighted by Crippen LogP contribution is -3.12. The third-order valence-electron chi connectivity index (χ3n) is 5.97. The molecule has 3 aromatic heterocycles. The van der Waals surface area contributed by atoms with Crippen molar-refractivity contribution in [3.8, 4) is 0 Å². The number of quaternary nitrogens is 1. The van der Waals surface area contributed by atoms with E-state index in [4.69, 9.17) is 0 Å². The van der Waals surface area contributed by atoms with Gasteiger partial charge in [-0.15, -0.1) is 11.3 Å². The first-order chi connectivity index (χ1) is 15.0. The molecule has 0 aliphatic carbocycles. The molecular formula is C23H26N4O3S. The van der Waals surface area contributed by atoms with E-state index in [1.165, 1.54) is 16.2 Å². The average molecular weight is 439 g/mol. The molecule has 0 bridgehead atoms. The van der Waals surface area contributed by atoms with Gasteiger partial charge >= 0.3 is 0 Å². The van der Waals surface area contributed by atoms with Crippen molar-refractivity contribution in [1.82, 2.24) is 14.3 Å². The lowest BCUT2D eigenvalue weighted by molar-refractivity contribution is -0.895. The van der Waals surface area contributed by atoms with Gasteiger partial charge in [0.2, 0.25) is 5.78 Å². The number of imidazole rings is 1. The molecule has 8 heteroatoms. The lowest BCUT2D eigenvalue weighted by Gasteiger charge is -2.27. The number of pyridine rings is 1. The standard InChI is InChI=1S/C23H26N4O3S/c1-4-25(5-2)12-13-27-20(16-9-8-14-31-16)18(22(29)23(27)30)21(28)19-15(3)24-17-10-6-7-11-26(17)19/h6-11,14,20,28H,4-5,12-13H2,1-3H3. The molecule has 1 unspecified atom stereocenters. The minimum absolute atomic E-state index is 0.0238. The largest absolute Gasteiger partial charge is 0.871 e. The molecule has 4 heterocycles. The van der Waals surface area contributed by atoms with E-state index in [0.29, 0.717) is 23.6 Å². The van der Waals surface area contributed by atoms with Crippen LogP contribution < -0.4 is 10.0 Å². The normalized spacial score (nSPS) is 18.6. The highest BCUT2D eigenvalue weighted by Gasteiger charge is 2.45. The molecule has 3 aromatic rings. The highest BCUT2D eigenvalue weighted by atomic mass is 32.1. The van der Waals surface area contributed by atoms with Gasteiger partial charge in [0.1, 0.15) is 5.65 Å². The molecule has 1 aliphatic heterocycles. The number of hydrogen-bond donors (Lipinski definition) is 1. The van der Waals surface area contributed by atoms with Gasteiger partial charge in [-0.1, -0.05) is 17.9 Å². The Morgan fingerprint density at radius 1 is 1.19 bits per heavy atom. The van der Waals surface area contributed by atoms with Gasteiger partial charge in [0.15, 0.2) is 0 Å². The second-order valence-corrected chi connectivity index (χ2v) is 8.65. The number of carbonyl (C=O) groups is 2. The average Bonchev–Trinajstić information content (AvgIpc) is 3.46. The summed E-state index contributed by atoms with van der Waals surface area (Å²) in [6.07, 6.45) is 1.76. The monoisotopic (exact) mass is 438 g/mol. The van der Waals surface area contributed by atoms with Crippen LogP contribution in [0.15, 0.2) is 47.5 Å². The summed E-state index contributed by atoms with van der Waals surface area (Å²) in [5.74, 6) is -1.73. The van der Waals surface area contributed by atoms with E-state index in [0.717, 1.165) is 24.5 Å². The van der Waals surface area contributed by atoms with Crippen molar-refractivity contribution in [3.05, 3.63) is 63.7 Å². The maximum Gasteiger partial charge on any atom is 0.295 e. The van der Waals surface area contributed by atoms with Gasteiger partial charge in [0, 0.05) is 16.6 Å². The molecule has 1 amide bonds. The van der Waals surface area contributed by atoms with Gasteiger partial charge in [0.05, 0.1) is 43.6 Å². The number of amides is 1. The number of Topliss-reactive ketones (excluding diaryl/α,β-unsaturated/α-hetero) is 1. The zero-order chi connectivity index (χ0) is 22.1. The minimum Gasteiger partial charge on any atom is -0.871 e. The Morgan fingerprint density at radius 3 is 2.65 bits per heavy atom. The molecule has 31 heavy (non-hydrogen) atoms. The zero-order valence-corrected chi connectivity index (χ0v) is 18.7. The molecule has 1 atom stereocenters. The number of ketones is 1. The summed E-state index contributed by atoms with van der Waals surface area (Å²) in [6, 6.07) is 8.57. The minimum atomic E-state index is -0.705. The SMILES string of the molecule is CC[NH+](CC)CCN1C(=O)C(=O)C(=C([O-])c2c(C)nc3ccccn23)C1c1cccs1. The second-order valence-electron chi connectivity index (χ2n) is 7.67. The predicted molar refractivity (Wildman–Crippen MR) is 118 cm³/mol. The number of carbonyl (C=O) groups excluding carboxylic acids is 2. The van der Waals surface area contributed by atoms with Crippen LogP contribution in [0.2, 0.25) is 0 Å². The number of thiophene rings is 1. The van der Waals surface area contributed by atoms with E-state index in [2.05, 4.69) is 18.8 Å². The molecule has 1 aliphatic rings. The molecule has 162 valence electrons. The van der Waals surface area contributed by atoms with Gasteiger partial charge in [-0.2, -0.15) is 0 Å². The molecular weight excluding hydrogens is 412 g/mol. The van der Waals surface area contributed by atoms with Crippen LogP contribution >= 0.6 is 11.3 Å². The van der Waals surface area contributed by atoms with Crippen molar-refractivity contribution in [1.29, 1.82) is 0 Å². The summed E-state index contributed by atoms with van der Waals surface area (Å²) >= 11 is 1.45. The summed E-state index contributed by atoms with van der Waals surface area (Å²) in [4.78, 5) is 34.3. The fourth-order valence-electron chi connectivity index (χ4n) is 4.24. The van der Waals surface area contributed by atoms with Gasteiger partial charge in [-0.25, -0.2) is 4.98 Å². The summed E-state index contributed by atoms with van der Waals surface area (Å²) in [6.45, 7) is 8.97. The predicted octanol–water partition coefficient (Wildman–Crippen LogP) is 0.853. The molecule has 7 nitrogen and oxygen atoms in total. The number of nitrogens with zero attached hydrogens (tertiary/aromatic N) is 3. The quantitative estimate of drug-likeness (QED) is 0.337. The number of rotatable bonds is 7. The fraction of sp³-hybridized carbons (Fsp3) is 0.348. The number of nitrogens with one attached hydrogen (secondary N) is 1. The van der Waals surface area contributed by atoms with Crippen LogP contribution in [-0.4, -0.2) is 52.2 Å². The van der Waals surface area contributed by atoms with Crippen LogP contribution in [0.3, 0.4) is 0 Å². The van der Waals surface area contributed by atoms with Crippen molar-refractivity contribution in [2.45, 2.75) is 26.8 Å². The van der Waals surface area contributed by atoms with Crippen LogP contribution in [0, 0.1) is 6.92 Å². The Hall–Kier alpha value is -2.97. The van der Waals surface area contributed by atoms with E-state index in [-0.39, 0.29) is 5.57 Å². The van der Waals surface area contributed by atoms with Crippen molar-refractivity contribution >= 4 is 34.4 Å². The van der Waals surface area contributed by atoms with Crippen molar-refractivity contribution < 1.29 is 19.6 Å². The van der Waals surface area contributed by atoms with Gasteiger partial charge in [0.25, 0.3) is 5.91 Å². The van der Waals surface area contributed by atoms with Crippen LogP contribution in [-0.2, 0) is 9.59 Å². The fourth-order valence-corrected chi connectivity index (χ4v) is 5.09. The number of likely N-dealkylation sites (N-methyl/N-ethyl adjacent to an activating group) is 1. The van der Waals surface area contributed by atoms with Gasteiger partial charge < -0.3 is 19.3 Å². The number of likely N-dealkylation sites (tertiary alicyclic amines) is 1. The van der Waals surface area contributed by atoms with Crippen LogP contribution in [0.25, 0.3) is 11.4 Å². The van der Waals surface area contributed by atoms with Crippen molar-refractivity contribution in [2.75, 3.05) is 26.2 Å². The maximum absolute atomic E-state index is 13.7. The highest BCUT2D eigenvalue weighted by molar-refractivity contribution is 7.10. The number of aromatic nitrogens is 2. The van der Waals surface area contributed by atoms with E-state index >= 15 is 0 Å².